The fraction of sp³-hybridized carbons (Fsp3) is 0.320. The summed E-state index contributed by atoms with van der Waals surface area (Å²) in [6.07, 6.45) is 7.12. The quantitative estimate of drug-likeness (QED) is 0.463. The Balaban J connectivity index is 1.34. The number of carbonyl (C=O) groups is 1. The van der Waals surface area contributed by atoms with Crippen LogP contribution in [0.4, 0.5) is 21.6 Å². The van der Waals surface area contributed by atoms with Gasteiger partial charge in [0.15, 0.2) is 0 Å². The lowest BCUT2D eigenvalue weighted by Gasteiger charge is -2.33. The van der Waals surface area contributed by atoms with Crippen LogP contribution in [0.25, 0.3) is 10.9 Å². The van der Waals surface area contributed by atoms with Crippen molar-refractivity contribution in [2.45, 2.75) is 24.9 Å². The largest absolute Gasteiger partial charge is 0.494 e. The van der Waals surface area contributed by atoms with Crippen LogP contribution in [0, 0.1) is 5.82 Å². The summed E-state index contributed by atoms with van der Waals surface area (Å²) in [6.45, 7) is 2.23. The summed E-state index contributed by atoms with van der Waals surface area (Å²) in [5.41, 5.74) is 1.66. The van der Waals surface area contributed by atoms with Gasteiger partial charge in [-0.15, -0.1) is 0 Å². The number of carbonyl (C=O) groups excluding carboxylic acids is 1. The van der Waals surface area contributed by atoms with Crippen molar-refractivity contribution in [3.63, 3.8) is 0 Å². The molecule has 5 rings (SSSR count). The average molecular weight is 498 g/mol. The molecule has 0 aliphatic carbocycles. The Kier molecular flexibility index (Phi) is 6.81. The van der Waals surface area contributed by atoms with E-state index in [1.165, 1.54) is 25.6 Å². The highest BCUT2D eigenvalue weighted by Crippen LogP contribution is 2.34. The van der Waals surface area contributed by atoms with E-state index in [1.54, 1.807) is 24.3 Å². The SMILES string of the molecule is COc1cc2ncnc(Nc3ccc(F)c(Cl)c3)c2cc1NC(=O)C=CCN1C2CCC1COC2. The number of methoxy groups -OCH3 is 1. The first-order valence-corrected chi connectivity index (χ1v) is 11.8. The number of anilines is 3. The van der Waals surface area contributed by atoms with Gasteiger partial charge in [-0.05, 0) is 37.1 Å². The van der Waals surface area contributed by atoms with Crippen LogP contribution < -0.4 is 15.4 Å². The van der Waals surface area contributed by atoms with Crippen LogP contribution in [0.3, 0.4) is 0 Å². The molecule has 2 bridgehead atoms. The molecule has 2 aromatic carbocycles. The Morgan fingerprint density at radius 3 is 2.80 bits per heavy atom. The number of rotatable bonds is 7. The normalized spacial score (nSPS) is 19.9. The predicted molar refractivity (Wildman–Crippen MR) is 133 cm³/mol. The molecule has 0 radical (unpaired) electrons. The van der Waals surface area contributed by atoms with Gasteiger partial charge >= 0.3 is 0 Å². The summed E-state index contributed by atoms with van der Waals surface area (Å²) >= 11 is 5.90. The second kappa shape index (κ2) is 10.2. The first-order chi connectivity index (χ1) is 17.0. The van der Waals surface area contributed by atoms with Crippen molar-refractivity contribution in [2.75, 3.05) is 37.5 Å². The van der Waals surface area contributed by atoms with Gasteiger partial charge in [0.05, 0.1) is 36.6 Å². The lowest BCUT2D eigenvalue weighted by atomic mass is 10.1. The molecule has 8 nitrogen and oxygen atoms in total. The molecule has 2 saturated heterocycles. The van der Waals surface area contributed by atoms with Crippen LogP contribution in [0.15, 0.2) is 48.8 Å². The molecule has 2 aliphatic rings. The predicted octanol–water partition coefficient (Wildman–Crippen LogP) is 4.53. The third-order valence-corrected chi connectivity index (χ3v) is 6.66. The Bertz CT molecular complexity index is 1270. The van der Waals surface area contributed by atoms with E-state index < -0.39 is 5.82 Å². The van der Waals surface area contributed by atoms with Gasteiger partial charge in [-0.2, -0.15) is 0 Å². The molecule has 10 heteroatoms. The number of halogens is 2. The summed E-state index contributed by atoms with van der Waals surface area (Å²) in [5, 5.41) is 6.67. The maximum absolute atomic E-state index is 13.5. The Hall–Kier alpha value is -3.27. The minimum atomic E-state index is -0.506. The molecule has 2 fully saturated rings. The van der Waals surface area contributed by atoms with Gasteiger partial charge in [-0.25, -0.2) is 14.4 Å². The van der Waals surface area contributed by atoms with Crippen LogP contribution in [-0.2, 0) is 9.53 Å². The number of aromatic nitrogens is 2. The van der Waals surface area contributed by atoms with Gasteiger partial charge in [0, 0.05) is 41.8 Å². The zero-order valence-corrected chi connectivity index (χ0v) is 19.9. The van der Waals surface area contributed by atoms with Crippen molar-refractivity contribution in [3.8, 4) is 5.75 Å². The number of ether oxygens (including phenoxy) is 2. The van der Waals surface area contributed by atoms with Gasteiger partial charge in [0.25, 0.3) is 0 Å². The van der Waals surface area contributed by atoms with E-state index in [1.807, 2.05) is 6.08 Å². The smallest absolute Gasteiger partial charge is 0.248 e. The molecule has 0 saturated carbocycles. The molecule has 2 unspecified atom stereocenters. The summed E-state index contributed by atoms with van der Waals surface area (Å²) in [4.78, 5) is 23.7. The molecule has 2 atom stereocenters. The summed E-state index contributed by atoms with van der Waals surface area (Å²) in [5.74, 6) is 0.183. The molecular weight excluding hydrogens is 473 g/mol. The lowest BCUT2D eigenvalue weighted by molar-refractivity contribution is -0.111. The molecule has 35 heavy (non-hydrogen) atoms. The van der Waals surface area contributed by atoms with Crippen molar-refractivity contribution in [3.05, 3.63) is 59.7 Å². The zero-order chi connectivity index (χ0) is 24.4. The second-order valence-corrected chi connectivity index (χ2v) is 8.96. The van der Waals surface area contributed by atoms with Crippen LogP contribution >= 0.6 is 11.6 Å². The van der Waals surface area contributed by atoms with E-state index >= 15 is 0 Å². The van der Waals surface area contributed by atoms with Gasteiger partial charge in [-0.3, -0.25) is 9.69 Å². The highest BCUT2D eigenvalue weighted by atomic mass is 35.5. The number of hydrogen-bond donors (Lipinski definition) is 2. The van der Waals surface area contributed by atoms with E-state index in [4.69, 9.17) is 21.1 Å². The number of fused-ring (bicyclic) bond motifs is 3. The zero-order valence-electron chi connectivity index (χ0n) is 19.1. The van der Waals surface area contributed by atoms with Gasteiger partial charge in [0.1, 0.15) is 23.7 Å². The van der Waals surface area contributed by atoms with Crippen molar-refractivity contribution in [1.82, 2.24) is 14.9 Å². The number of amides is 1. The van der Waals surface area contributed by atoms with Gasteiger partial charge in [-0.1, -0.05) is 17.7 Å². The van der Waals surface area contributed by atoms with Crippen LogP contribution in [0.1, 0.15) is 12.8 Å². The summed E-state index contributed by atoms with van der Waals surface area (Å²) < 4.78 is 24.6. The first kappa shape index (κ1) is 23.5. The maximum atomic E-state index is 13.5. The second-order valence-electron chi connectivity index (χ2n) is 8.56. The number of benzene rings is 2. The number of morpholine rings is 1. The van der Waals surface area contributed by atoms with Crippen molar-refractivity contribution < 1.29 is 18.7 Å². The monoisotopic (exact) mass is 497 g/mol. The van der Waals surface area contributed by atoms with Gasteiger partial charge < -0.3 is 20.1 Å². The molecule has 3 aromatic rings. The Morgan fingerprint density at radius 1 is 1.26 bits per heavy atom. The third-order valence-electron chi connectivity index (χ3n) is 6.37. The molecule has 3 heterocycles. The lowest BCUT2D eigenvalue weighted by Crippen LogP contribution is -2.45. The number of nitrogens with one attached hydrogen (secondary N) is 2. The Morgan fingerprint density at radius 2 is 2.06 bits per heavy atom. The molecule has 0 spiro atoms. The number of nitrogens with zero attached hydrogens (tertiary/aromatic N) is 3. The highest BCUT2D eigenvalue weighted by Gasteiger charge is 2.36. The Labute approximate surface area is 207 Å². The molecule has 2 N–H and O–H groups in total. The standard InChI is InChI=1S/C25H25ClFN5O3/c1-34-23-11-21-18(25(29-14-28-21)30-15-4-7-20(27)19(26)9-15)10-22(23)31-24(33)3-2-8-32-16-5-6-17(32)13-35-12-16/h2-4,7,9-11,14,16-17H,5-6,8,12-13H2,1H3,(H,31,33)(H,28,29,30). The van der Waals surface area contributed by atoms with E-state index in [9.17, 15) is 9.18 Å². The van der Waals surface area contributed by atoms with Crippen LogP contribution in [-0.4, -0.2) is 59.7 Å². The molecular formula is C25H25ClFN5O3. The van der Waals surface area contributed by atoms with Crippen molar-refractivity contribution in [2.24, 2.45) is 0 Å². The van der Waals surface area contributed by atoms with E-state index in [2.05, 4.69) is 25.5 Å². The fourth-order valence-electron chi connectivity index (χ4n) is 4.63. The average Bonchev–Trinajstić information content (AvgIpc) is 3.06. The third kappa shape index (κ3) is 5.07. The van der Waals surface area contributed by atoms with Gasteiger partial charge in [0.2, 0.25) is 5.91 Å². The van der Waals surface area contributed by atoms with E-state index in [0.717, 1.165) is 26.1 Å². The minimum absolute atomic E-state index is 0.000133. The summed E-state index contributed by atoms with van der Waals surface area (Å²) in [7, 11) is 1.53. The topological polar surface area (TPSA) is 88.6 Å². The summed E-state index contributed by atoms with van der Waals surface area (Å²) in [6, 6.07) is 8.65. The van der Waals surface area contributed by atoms with Crippen molar-refractivity contribution in [1.29, 1.82) is 0 Å². The fourth-order valence-corrected chi connectivity index (χ4v) is 4.81. The minimum Gasteiger partial charge on any atom is -0.494 e. The molecule has 2 aliphatic heterocycles. The number of hydrogen-bond acceptors (Lipinski definition) is 7. The molecule has 1 aromatic heterocycles. The maximum Gasteiger partial charge on any atom is 0.248 e. The van der Waals surface area contributed by atoms with E-state index in [-0.39, 0.29) is 10.9 Å². The van der Waals surface area contributed by atoms with Crippen LogP contribution in [0.2, 0.25) is 5.02 Å². The first-order valence-electron chi connectivity index (χ1n) is 11.4. The molecule has 182 valence electrons. The van der Waals surface area contributed by atoms with Crippen molar-refractivity contribution >= 4 is 45.6 Å². The highest BCUT2D eigenvalue weighted by molar-refractivity contribution is 6.31. The van der Waals surface area contributed by atoms with E-state index in [0.29, 0.717) is 52.5 Å². The van der Waals surface area contributed by atoms with Crippen LogP contribution in [0.5, 0.6) is 5.75 Å². The molecule has 1 amide bonds.